The van der Waals surface area contributed by atoms with E-state index in [-0.39, 0.29) is 23.8 Å². The van der Waals surface area contributed by atoms with Crippen molar-refractivity contribution in [3.63, 3.8) is 0 Å². The molecule has 0 spiro atoms. The number of amides is 2. The zero-order chi connectivity index (χ0) is 22.8. The molecule has 3 aromatic rings. The Morgan fingerprint density at radius 2 is 1.91 bits per heavy atom. The van der Waals surface area contributed by atoms with Crippen molar-refractivity contribution < 1.29 is 14.3 Å². The van der Waals surface area contributed by atoms with Crippen LogP contribution < -0.4 is 5.32 Å². The monoisotopic (exact) mass is 485 g/mol. The summed E-state index contributed by atoms with van der Waals surface area (Å²) in [5, 5.41) is 6.88. The largest absolute Gasteiger partial charge is 0.376 e. The number of piperidine rings is 1. The average molecular weight is 486 g/mol. The lowest BCUT2D eigenvalue weighted by atomic mass is 9.95. The van der Waals surface area contributed by atoms with Gasteiger partial charge < -0.3 is 19.5 Å². The van der Waals surface area contributed by atoms with E-state index >= 15 is 0 Å². The molecule has 5 rings (SSSR count). The van der Waals surface area contributed by atoms with Crippen LogP contribution >= 0.6 is 22.9 Å². The number of rotatable bonds is 6. The number of thiophene rings is 1. The van der Waals surface area contributed by atoms with Gasteiger partial charge in [0.05, 0.1) is 6.10 Å². The number of hydrogen-bond acceptors (Lipinski definition) is 4. The minimum absolute atomic E-state index is 0.0329. The van der Waals surface area contributed by atoms with Crippen LogP contribution in [0.3, 0.4) is 0 Å². The SMILES string of the molecule is O=C(NCC1CCCO1)C1CCN(C(=O)c2cc3ccsc3n2Cc2ccc(Cl)cc2)CC1. The van der Waals surface area contributed by atoms with Gasteiger partial charge in [0.15, 0.2) is 0 Å². The molecule has 33 heavy (non-hydrogen) atoms. The molecule has 0 radical (unpaired) electrons. The van der Waals surface area contributed by atoms with Gasteiger partial charge in [-0.15, -0.1) is 11.3 Å². The lowest BCUT2D eigenvalue weighted by molar-refractivity contribution is -0.126. The van der Waals surface area contributed by atoms with Gasteiger partial charge in [0.25, 0.3) is 5.91 Å². The van der Waals surface area contributed by atoms with E-state index in [4.69, 9.17) is 16.3 Å². The molecule has 6 nitrogen and oxygen atoms in total. The number of halogens is 1. The summed E-state index contributed by atoms with van der Waals surface area (Å²) in [6.45, 7) is 3.18. The topological polar surface area (TPSA) is 63.6 Å². The maximum atomic E-state index is 13.5. The molecule has 2 aliphatic heterocycles. The van der Waals surface area contributed by atoms with Crippen molar-refractivity contribution in [2.24, 2.45) is 5.92 Å². The first-order chi connectivity index (χ1) is 16.1. The van der Waals surface area contributed by atoms with E-state index in [9.17, 15) is 9.59 Å². The first-order valence-corrected chi connectivity index (χ1v) is 12.8. The van der Waals surface area contributed by atoms with Crippen LogP contribution in [-0.2, 0) is 16.1 Å². The molecule has 0 saturated carbocycles. The molecule has 2 amide bonds. The van der Waals surface area contributed by atoms with Crippen LogP contribution in [-0.4, -0.2) is 53.6 Å². The number of hydrogen-bond donors (Lipinski definition) is 1. The third-order valence-electron chi connectivity index (χ3n) is 6.66. The lowest BCUT2D eigenvalue weighted by Crippen LogP contribution is -2.44. The highest BCUT2D eigenvalue weighted by Crippen LogP contribution is 2.29. The number of carbonyl (C=O) groups excluding carboxylic acids is 2. The summed E-state index contributed by atoms with van der Waals surface area (Å²) >= 11 is 7.69. The molecular formula is C25H28ClN3O3S. The summed E-state index contributed by atoms with van der Waals surface area (Å²) in [5.74, 6) is 0.0783. The number of carbonyl (C=O) groups is 2. The Hall–Kier alpha value is -2.35. The second-order valence-electron chi connectivity index (χ2n) is 8.87. The second-order valence-corrected chi connectivity index (χ2v) is 10.2. The standard InChI is InChI=1S/C25H28ClN3O3S/c26-20-5-3-17(4-6-20)16-29-22(14-19-9-13-33-25(19)29)24(31)28-10-7-18(8-11-28)23(30)27-15-21-2-1-12-32-21/h3-6,9,13-14,18,21H,1-2,7-8,10-12,15-16H2,(H,27,30). The van der Waals surface area contributed by atoms with Crippen molar-refractivity contribution in [2.45, 2.75) is 38.3 Å². The van der Waals surface area contributed by atoms with E-state index in [0.29, 0.717) is 49.7 Å². The van der Waals surface area contributed by atoms with Crippen LogP contribution in [0, 0.1) is 5.92 Å². The smallest absolute Gasteiger partial charge is 0.270 e. The maximum absolute atomic E-state index is 13.5. The highest BCUT2D eigenvalue weighted by molar-refractivity contribution is 7.16. The Bertz CT molecular complexity index is 1130. The molecule has 174 valence electrons. The lowest BCUT2D eigenvalue weighted by Gasteiger charge is -2.31. The molecule has 2 aliphatic rings. The van der Waals surface area contributed by atoms with Gasteiger partial charge in [0.1, 0.15) is 10.5 Å². The number of ether oxygens (including phenoxy) is 1. The zero-order valence-corrected chi connectivity index (χ0v) is 20.0. The van der Waals surface area contributed by atoms with Crippen molar-refractivity contribution in [1.82, 2.24) is 14.8 Å². The Morgan fingerprint density at radius 1 is 1.12 bits per heavy atom. The third-order valence-corrected chi connectivity index (χ3v) is 7.86. The van der Waals surface area contributed by atoms with E-state index in [0.717, 1.165) is 35.2 Å². The zero-order valence-electron chi connectivity index (χ0n) is 18.5. The summed E-state index contributed by atoms with van der Waals surface area (Å²) in [6, 6.07) is 11.8. The van der Waals surface area contributed by atoms with Gasteiger partial charge >= 0.3 is 0 Å². The van der Waals surface area contributed by atoms with Crippen molar-refractivity contribution in [1.29, 1.82) is 0 Å². The Labute approximate surface area is 202 Å². The van der Waals surface area contributed by atoms with E-state index in [1.165, 1.54) is 0 Å². The Morgan fingerprint density at radius 3 is 2.64 bits per heavy atom. The van der Waals surface area contributed by atoms with Crippen molar-refractivity contribution in [3.05, 3.63) is 58.1 Å². The molecule has 8 heteroatoms. The van der Waals surface area contributed by atoms with Gasteiger partial charge in [-0.3, -0.25) is 9.59 Å². The minimum Gasteiger partial charge on any atom is -0.376 e. The summed E-state index contributed by atoms with van der Waals surface area (Å²) in [4.78, 5) is 29.0. The van der Waals surface area contributed by atoms with E-state index in [1.807, 2.05) is 35.2 Å². The third kappa shape index (κ3) is 4.95. The second kappa shape index (κ2) is 9.87. The van der Waals surface area contributed by atoms with Gasteiger partial charge in [-0.25, -0.2) is 0 Å². The number of benzene rings is 1. The highest BCUT2D eigenvalue weighted by Gasteiger charge is 2.30. The number of nitrogens with zero attached hydrogens (tertiary/aromatic N) is 2. The maximum Gasteiger partial charge on any atom is 0.270 e. The average Bonchev–Trinajstić information content (AvgIpc) is 3.58. The fourth-order valence-corrected chi connectivity index (χ4v) is 5.78. The molecule has 1 N–H and O–H groups in total. The van der Waals surface area contributed by atoms with E-state index in [1.54, 1.807) is 11.3 Å². The van der Waals surface area contributed by atoms with Crippen molar-refractivity contribution >= 4 is 45.0 Å². The molecule has 0 aliphatic carbocycles. The van der Waals surface area contributed by atoms with Crippen LogP contribution in [0.15, 0.2) is 41.8 Å². The quantitative estimate of drug-likeness (QED) is 0.557. The Balaban J connectivity index is 1.24. The molecule has 2 aromatic heterocycles. The Kier molecular flexibility index (Phi) is 6.71. The summed E-state index contributed by atoms with van der Waals surface area (Å²) < 4.78 is 7.69. The minimum atomic E-state index is -0.0419. The van der Waals surface area contributed by atoms with Gasteiger partial charge in [-0.2, -0.15) is 0 Å². The summed E-state index contributed by atoms with van der Waals surface area (Å²) in [5.41, 5.74) is 1.80. The molecule has 4 heterocycles. The van der Waals surface area contributed by atoms with E-state index in [2.05, 4.69) is 21.3 Å². The first-order valence-electron chi connectivity index (χ1n) is 11.6. The van der Waals surface area contributed by atoms with E-state index < -0.39 is 0 Å². The number of nitrogens with one attached hydrogen (secondary N) is 1. The molecular weight excluding hydrogens is 458 g/mol. The fraction of sp³-hybridized carbons (Fsp3) is 0.440. The van der Waals surface area contributed by atoms with Crippen molar-refractivity contribution in [3.8, 4) is 0 Å². The van der Waals surface area contributed by atoms with Crippen LogP contribution in [0.5, 0.6) is 0 Å². The number of fused-ring (bicyclic) bond motifs is 1. The predicted molar refractivity (Wildman–Crippen MR) is 131 cm³/mol. The molecule has 2 saturated heterocycles. The molecule has 1 aromatic carbocycles. The van der Waals surface area contributed by atoms with Gasteiger partial charge in [-0.1, -0.05) is 23.7 Å². The normalized spacial score (nSPS) is 19.3. The first kappa shape index (κ1) is 22.4. The van der Waals surface area contributed by atoms with Crippen LogP contribution in [0.2, 0.25) is 5.02 Å². The fourth-order valence-electron chi connectivity index (χ4n) is 4.75. The molecule has 0 bridgehead atoms. The predicted octanol–water partition coefficient (Wildman–Crippen LogP) is 4.55. The summed E-state index contributed by atoms with van der Waals surface area (Å²) in [7, 11) is 0. The molecule has 1 atom stereocenters. The van der Waals surface area contributed by atoms with Gasteiger partial charge in [-0.05, 0) is 60.9 Å². The van der Waals surface area contributed by atoms with Crippen LogP contribution in [0.25, 0.3) is 10.2 Å². The van der Waals surface area contributed by atoms with Gasteiger partial charge in [0, 0.05) is 49.1 Å². The highest BCUT2D eigenvalue weighted by atomic mass is 35.5. The summed E-state index contributed by atoms with van der Waals surface area (Å²) in [6.07, 6.45) is 3.61. The molecule has 2 fully saturated rings. The van der Waals surface area contributed by atoms with Gasteiger partial charge in [0.2, 0.25) is 5.91 Å². The van der Waals surface area contributed by atoms with Crippen molar-refractivity contribution in [2.75, 3.05) is 26.2 Å². The van der Waals surface area contributed by atoms with Crippen LogP contribution in [0.1, 0.15) is 41.7 Å². The number of likely N-dealkylation sites (tertiary alicyclic amines) is 1. The van der Waals surface area contributed by atoms with Crippen LogP contribution in [0.4, 0.5) is 0 Å². The number of aromatic nitrogens is 1. The molecule has 1 unspecified atom stereocenters.